The second kappa shape index (κ2) is 10.0. The summed E-state index contributed by atoms with van der Waals surface area (Å²) >= 11 is 1.68. The molecule has 9 heteroatoms. The molecule has 31 heavy (non-hydrogen) atoms. The van der Waals surface area contributed by atoms with Crippen LogP contribution in [0, 0.1) is 19.7 Å². The van der Waals surface area contributed by atoms with E-state index in [-0.39, 0.29) is 5.82 Å². The number of thiazole rings is 1. The zero-order chi connectivity index (χ0) is 21.8. The Morgan fingerprint density at radius 1 is 1.19 bits per heavy atom. The second-order valence-corrected chi connectivity index (χ2v) is 10.1. The molecule has 0 bridgehead atoms. The van der Waals surface area contributed by atoms with Gasteiger partial charge in [-0.2, -0.15) is 0 Å². The van der Waals surface area contributed by atoms with E-state index in [0.29, 0.717) is 22.9 Å². The van der Waals surface area contributed by atoms with Crippen molar-refractivity contribution in [2.24, 2.45) is 0 Å². The number of nitrogens with zero attached hydrogens (tertiary/aromatic N) is 2. The number of unbranched alkanes of at least 4 members (excludes halogenated alkanes) is 2. The first-order chi connectivity index (χ1) is 15.0. The lowest BCUT2D eigenvalue weighted by Gasteiger charge is -2.06. The van der Waals surface area contributed by atoms with E-state index in [0.717, 1.165) is 61.5 Å². The molecule has 2 heterocycles. The van der Waals surface area contributed by atoms with Gasteiger partial charge in [0.2, 0.25) is 0 Å². The summed E-state index contributed by atoms with van der Waals surface area (Å²) < 4.78 is 34.2. The number of aromatic nitrogens is 2. The van der Waals surface area contributed by atoms with E-state index in [1.54, 1.807) is 31.3 Å². The van der Waals surface area contributed by atoms with Crippen LogP contribution in [0.1, 0.15) is 47.6 Å². The molecule has 3 aromatic rings. The number of anilines is 1. The topological polar surface area (TPSA) is 80.0 Å². The van der Waals surface area contributed by atoms with Crippen molar-refractivity contribution in [1.29, 1.82) is 0 Å². The lowest BCUT2D eigenvalue weighted by atomic mass is 10.0. The molecule has 1 aromatic carbocycles. The number of fused-ring (bicyclic) bond motifs is 3. The molecule has 1 unspecified atom stereocenters. The van der Waals surface area contributed by atoms with Crippen molar-refractivity contribution < 1.29 is 13.1 Å². The number of rotatable bonds is 9. The zero-order valence-corrected chi connectivity index (χ0v) is 19.4. The fourth-order valence-corrected chi connectivity index (χ4v) is 5.95. The summed E-state index contributed by atoms with van der Waals surface area (Å²) in [6, 6.07) is 5.04. The highest BCUT2D eigenvalue weighted by Gasteiger charge is 2.20. The predicted octanol–water partition coefficient (Wildman–Crippen LogP) is 4.94. The van der Waals surface area contributed by atoms with Crippen LogP contribution in [-0.2, 0) is 23.8 Å². The fourth-order valence-electron chi connectivity index (χ4n) is 3.83. The molecule has 1 atom stereocenters. The average molecular weight is 463 g/mol. The number of halogens is 1. The van der Waals surface area contributed by atoms with Gasteiger partial charge < -0.3 is 9.84 Å². The molecular weight excluding hydrogens is 435 g/mol. The Balaban J connectivity index is 1.22. The molecule has 0 saturated carbocycles. The van der Waals surface area contributed by atoms with Gasteiger partial charge in [-0.05, 0) is 63.6 Å². The van der Waals surface area contributed by atoms with Crippen LogP contribution < -0.4 is 10.0 Å². The molecule has 0 aliphatic heterocycles. The summed E-state index contributed by atoms with van der Waals surface area (Å²) in [5.41, 5.74) is 3.72. The maximum absolute atomic E-state index is 13.8. The summed E-state index contributed by atoms with van der Waals surface area (Å²) in [5.74, 6) is 0.387. The minimum atomic E-state index is -1.29. The Morgan fingerprint density at radius 2 is 2.03 bits per heavy atom. The monoisotopic (exact) mass is 462 g/mol. The molecule has 166 valence electrons. The van der Waals surface area contributed by atoms with Crippen molar-refractivity contribution in [3.05, 3.63) is 45.9 Å². The van der Waals surface area contributed by atoms with E-state index >= 15 is 0 Å². The molecular formula is C22H27FN4O2S2. The molecule has 4 rings (SSSR count). The fraction of sp³-hybridized carbons (Fsp3) is 0.455. The highest BCUT2D eigenvalue weighted by molar-refractivity contribution is 7.83. The van der Waals surface area contributed by atoms with Gasteiger partial charge >= 0.3 is 0 Å². The van der Waals surface area contributed by atoms with Crippen LogP contribution in [0.25, 0.3) is 11.3 Å². The molecule has 0 spiro atoms. The first kappa shape index (κ1) is 22.1. The molecule has 0 radical (unpaired) electrons. The van der Waals surface area contributed by atoms with Crippen LogP contribution in [0.2, 0.25) is 0 Å². The second-order valence-electron chi connectivity index (χ2n) is 7.75. The van der Waals surface area contributed by atoms with E-state index in [1.165, 1.54) is 16.5 Å². The van der Waals surface area contributed by atoms with Crippen LogP contribution in [0.4, 0.5) is 9.52 Å². The number of hydrogen-bond acceptors (Lipinski definition) is 6. The van der Waals surface area contributed by atoms with Crippen molar-refractivity contribution in [3.63, 3.8) is 0 Å². The molecule has 0 fully saturated rings. The SMILES string of the molecule is Cc1noc(C)c1S(=O)NCCCCCNc1nc2c(s1)CCCc1ccc(F)cc1-2. The van der Waals surface area contributed by atoms with E-state index in [4.69, 9.17) is 9.51 Å². The maximum atomic E-state index is 13.8. The van der Waals surface area contributed by atoms with Crippen LogP contribution >= 0.6 is 11.3 Å². The van der Waals surface area contributed by atoms with Crippen molar-refractivity contribution in [1.82, 2.24) is 14.9 Å². The van der Waals surface area contributed by atoms with Gasteiger partial charge in [0.1, 0.15) is 21.7 Å². The normalized spacial score (nSPS) is 14.0. The first-order valence-electron chi connectivity index (χ1n) is 10.6. The Labute approximate surface area is 188 Å². The minimum Gasteiger partial charge on any atom is -0.361 e. The first-order valence-corrected chi connectivity index (χ1v) is 12.6. The lowest BCUT2D eigenvalue weighted by molar-refractivity contribution is 0.391. The van der Waals surface area contributed by atoms with Crippen LogP contribution in [0.5, 0.6) is 0 Å². The largest absolute Gasteiger partial charge is 0.361 e. The quantitative estimate of drug-likeness (QED) is 0.441. The molecule has 0 saturated heterocycles. The zero-order valence-electron chi connectivity index (χ0n) is 17.8. The summed E-state index contributed by atoms with van der Waals surface area (Å²) in [5, 5.41) is 8.16. The van der Waals surface area contributed by atoms with Crippen molar-refractivity contribution in [3.8, 4) is 11.3 Å². The van der Waals surface area contributed by atoms with E-state index in [2.05, 4.69) is 15.2 Å². The van der Waals surface area contributed by atoms with Crippen molar-refractivity contribution in [2.45, 2.75) is 57.3 Å². The lowest BCUT2D eigenvalue weighted by Crippen LogP contribution is -2.19. The van der Waals surface area contributed by atoms with Crippen LogP contribution in [0.3, 0.4) is 0 Å². The van der Waals surface area contributed by atoms with Gasteiger partial charge in [-0.15, -0.1) is 11.3 Å². The van der Waals surface area contributed by atoms with E-state index in [1.807, 2.05) is 6.07 Å². The Kier molecular flexibility index (Phi) is 7.14. The van der Waals surface area contributed by atoms with Gasteiger partial charge in [0.05, 0.1) is 11.4 Å². The average Bonchev–Trinajstić information content (AvgIpc) is 3.26. The predicted molar refractivity (Wildman–Crippen MR) is 122 cm³/mol. The number of nitrogens with one attached hydrogen (secondary N) is 2. The van der Waals surface area contributed by atoms with E-state index < -0.39 is 11.0 Å². The van der Waals surface area contributed by atoms with Gasteiger partial charge in [-0.25, -0.2) is 18.3 Å². The van der Waals surface area contributed by atoms with Gasteiger partial charge in [0, 0.05) is 23.5 Å². The third kappa shape index (κ3) is 5.22. The van der Waals surface area contributed by atoms with Gasteiger partial charge in [-0.3, -0.25) is 0 Å². The summed E-state index contributed by atoms with van der Waals surface area (Å²) in [6.07, 6.45) is 5.95. The number of aryl methyl sites for hydroxylation is 4. The van der Waals surface area contributed by atoms with Gasteiger partial charge in [0.15, 0.2) is 10.9 Å². The minimum absolute atomic E-state index is 0.210. The number of benzene rings is 1. The Morgan fingerprint density at radius 3 is 2.84 bits per heavy atom. The van der Waals surface area contributed by atoms with Crippen LogP contribution in [0.15, 0.2) is 27.6 Å². The van der Waals surface area contributed by atoms with Crippen molar-refractivity contribution >= 4 is 27.5 Å². The molecule has 2 aromatic heterocycles. The molecule has 2 N–H and O–H groups in total. The third-order valence-electron chi connectivity index (χ3n) is 5.39. The maximum Gasteiger partial charge on any atom is 0.183 e. The highest BCUT2D eigenvalue weighted by atomic mass is 32.2. The van der Waals surface area contributed by atoms with Gasteiger partial charge in [-0.1, -0.05) is 17.6 Å². The standard InChI is InChI=1S/C22H27FN4O2S2/c1-14-21(15(2)29-27-14)31(28)25-12-5-3-4-11-24-22-26-20-18-13-17(23)10-9-16(18)7-6-8-19(20)30-22/h9-10,13,25H,3-8,11-12H2,1-2H3,(H,24,26). The summed E-state index contributed by atoms with van der Waals surface area (Å²) in [4.78, 5) is 6.65. The molecule has 6 nitrogen and oxygen atoms in total. The molecule has 0 amide bonds. The Bertz CT molecular complexity index is 1060. The highest BCUT2D eigenvalue weighted by Crippen LogP contribution is 2.37. The number of hydrogen-bond donors (Lipinski definition) is 2. The molecule has 1 aliphatic carbocycles. The van der Waals surface area contributed by atoms with Crippen LogP contribution in [-0.4, -0.2) is 27.4 Å². The van der Waals surface area contributed by atoms with Crippen molar-refractivity contribution in [2.75, 3.05) is 18.4 Å². The van der Waals surface area contributed by atoms with Gasteiger partial charge in [0.25, 0.3) is 0 Å². The summed E-state index contributed by atoms with van der Waals surface area (Å²) in [6.45, 7) is 5.07. The summed E-state index contributed by atoms with van der Waals surface area (Å²) in [7, 11) is -1.29. The Hall–Kier alpha value is -2.10. The van der Waals surface area contributed by atoms with E-state index in [9.17, 15) is 8.60 Å². The third-order valence-corrected chi connectivity index (χ3v) is 7.88. The smallest absolute Gasteiger partial charge is 0.183 e. The molecule has 1 aliphatic rings.